The maximum atomic E-state index is 12.1. The van der Waals surface area contributed by atoms with Crippen molar-refractivity contribution in [2.45, 2.75) is 6.54 Å². The minimum Gasteiger partial charge on any atom is -0.335 e. The molecule has 0 unspecified atom stereocenters. The third-order valence-corrected chi connectivity index (χ3v) is 4.53. The number of hydrogen-bond acceptors (Lipinski definition) is 4. The van der Waals surface area contributed by atoms with E-state index >= 15 is 0 Å². The molecule has 0 N–H and O–H groups in total. The lowest BCUT2D eigenvalue weighted by molar-refractivity contribution is 0.0785. The molecule has 0 spiro atoms. The molecule has 0 aliphatic heterocycles. The summed E-state index contributed by atoms with van der Waals surface area (Å²) in [6, 6.07) is 9.88. The summed E-state index contributed by atoms with van der Waals surface area (Å²) in [6.07, 6.45) is 0. The quantitative estimate of drug-likeness (QED) is 0.737. The summed E-state index contributed by atoms with van der Waals surface area (Å²) in [5.41, 5.74) is 1.74. The van der Waals surface area contributed by atoms with Crippen molar-refractivity contribution in [2.24, 2.45) is 0 Å². The van der Waals surface area contributed by atoms with Crippen molar-refractivity contribution in [1.82, 2.24) is 9.88 Å². The molecule has 3 nitrogen and oxygen atoms in total. The van der Waals surface area contributed by atoms with Crippen LogP contribution in [-0.2, 0) is 6.54 Å². The number of thiazole rings is 1. The van der Waals surface area contributed by atoms with Gasteiger partial charge in [-0.2, -0.15) is 11.3 Å². The largest absolute Gasteiger partial charge is 0.335 e. The van der Waals surface area contributed by atoms with Crippen LogP contribution in [0, 0.1) is 0 Å². The second-order valence-corrected chi connectivity index (χ2v) is 6.14. The minimum atomic E-state index is 0.0421. The van der Waals surface area contributed by atoms with Crippen LogP contribution in [0.2, 0.25) is 0 Å². The molecule has 0 saturated carbocycles. The molecule has 0 atom stereocenters. The number of nitrogens with zero attached hydrogens (tertiary/aromatic N) is 2. The molecule has 3 aromatic rings. The first-order valence-corrected chi connectivity index (χ1v) is 7.62. The molecule has 2 aromatic heterocycles. The van der Waals surface area contributed by atoms with Gasteiger partial charge in [0.15, 0.2) is 0 Å². The summed E-state index contributed by atoms with van der Waals surface area (Å²) in [6.45, 7) is 0.550. The van der Waals surface area contributed by atoms with Crippen LogP contribution in [0.3, 0.4) is 0 Å². The Morgan fingerprint density at radius 2 is 2.16 bits per heavy atom. The first kappa shape index (κ1) is 12.3. The van der Waals surface area contributed by atoms with Gasteiger partial charge in [-0.1, -0.05) is 12.1 Å². The molecule has 0 radical (unpaired) electrons. The lowest BCUT2D eigenvalue weighted by atomic mass is 10.3. The Kier molecular flexibility index (Phi) is 3.31. The Morgan fingerprint density at radius 1 is 1.32 bits per heavy atom. The zero-order valence-corrected chi connectivity index (χ0v) is 12.0. The predicted octanol–water partition coefficient (Wildman–Crippen LogP) is 3.63. The van der Waals surface area contributed by atoms with Crippen LogP contribution in [0.4, 0.5) is 0 Å². The summed E-state index contributed by atoms with van der Waals surface area (Å²) in [5.74, 6) is 0.0421. The van der Waals surface area contributed by atoms with Gasteiger partial charge in [0.1, 0.15) is 5.01 Å². The second-order valence-electron chi connectivity index (χ2n) is 4.25. The Balaban J connectivity index is 1.79. The Labute approximate surface area is 119 Å². The number of benzene rings is 1. The van der Waals surface area contributed by atoms with Crippen LogP contribution in [-0.4, -0.2) is 22.8 Å². The summed E-state index contributed by atoms with van der Waals surface area (Å²) >= 11 is 3.17. The highest BCUT2D eigenvalue weighted by molar-refractivity contribution is 7.18. The summed E-state index contributed by atoms with van der Waals surface area (Å²) < 4.78 is 1.16. The van der Waals surface area contributed by atoms with Gasteiger partial charge in [-0.05, 0) is 23.6 Å². The molecule has 2 heterocycles. The summed E-state index contributed by atoms with van der Waals surface area (Å²) in [5, 5.41) is 4.75. The molecule has 19 heavy (non-hydrogen) atoms. The molecule has 0 bridgehead atoms. The van der Waals surface area contributed by atoms with Crippen molar-refractivity contribution in [3.63, 3.8) is 0 Å². The Hall–Kier alpha value is -1.72. The fourth-order valence-electron chi connectivity index (χ4n) is 1.87. The fraction of sp³-hybridized carbons (Fsp3) is 0.143. The smallest absolute Gasteiger partial charge is 0.254 e. The van der Waals surface area contributed by atoms with Gasteiger partial charge in [0.05, 0.1) is 22.3 Å². The highest BCUT2D eigenvalue weighted by Gasteiger charge is 2.14. The van der Waals surface area contributed by atoms with E-state index in [1.807, 2.05) is 42.1 Å². The van der Waals surface area contributed by atoms with Crippen LogP contribution >= 0.6 is 22.7 Å². The van der Waals surface area contributed by atoms with Crippen LogP contribution in [0.15, 0.2) is 41.1 Å². The molecule has 0 aliphatic carbocycles. The molecule has 1 amide bonds. The molecule has 3 rings (SSSR count). The lowest BCUT2D eigenvalue weighted by Gasteiger charge is -2.14. The third-order valence-electron chi connectivity index (χ3n) is 2.83. The van der Waals surface area contributed by atoms with Crippen molar-refractivity contribution >= 4 is 38.8 Å². The maximum absolute atomic E-state index is 12.1. The molecule has 5 heteroatoms. The SMILES string of the molecule is CN(Cc1nc2ccccc2s1)C(=O)c1ccsc1. The number of hydrogen-bond donors (Lipinski definition) is 0. The van der Waals surface area contributed by atoms with Gasteiger partial charge in [-0.3, -0.25) is 4.79 Å². The molecular weight excluding hydrogens is 276 g/mol. The normalized spacial score (nSPS) is 10.8. The number of amides is 1. The first-order chi connectivity index (χ1) is 9.24. The van der Waals surface area contributed by atoms with Crippen molar-refractivity contribution < 1.29 is 4.79 Å². The van der Waals surface area contributed by atoms with Crippen molar-refractivity contribution in [3.8, 4) is 0 Å². The summed E-state index contributed by atoms with van der Waals surface area (Å²) in [4.78, 5) is 18.4. The molecule has 0 saturated heterocycles. The van der Waals surface area contributed by atoms with E-state index in [1.165, 1.54) is 11.3 Å². The number of rotatable bonds is 3. The molecule has 1 aromatic carbocycles. The monoisotopic (exact) mass is 288 g/mol. The van der Waals surface area contributed by atoms with Gasteiger partial charge in [0.25, 0.3) is 5.91 Å². The summed E-state index contributed by atoms with van der Waals surface area (Å²) in [7, 11) is 1.81. The van der Waals surface area contributed by atoms with E-state index in [2.05, 4.69) is 11.1 Å². The Morgan fingerprint density at radius 3 is 2.89 bits per heavy atom. The molecular formula is C14H12N2OS2. The number of thiophene rings is 1. The van der Waals surface area contributed by atoms with Crippen LogP contribution in [0.5, 0.6) is 0 Å². The third kappa shape index (κ3) is 2.52. The highest BCUT2D eigenvalue weighted by atomic mass is 32.1. The standard InChI is InChI=1S/C14H12N2OS2/c1-16(14(17)10-6-7-18-9-10)8-13-15-11-4-2-3-5-12(11)19-13/h2-7,9H,8H2,1H3. The van der Waals surface area contributed by atoms with Gasteiger partial charge in [-0.15, -0.1) is 11.3 Å². The average Bonchev–Trinajstić information content (AvgIpc) is 3.06. The van der Waals surface area contributed by atoms with Gasteiger partial charge in [0.2, 0.25) is 0 Å². The van der Waals surface area contributed by atoms with E-state index in [-0.39, 0.29) is 5.91 Å². The van der Waals surface area contributed by atoms with E-state index in [1.54, 1.807) is 16.2 Å². The zero-order chi connectivity index (χ0) is 13.2. The van der Waals surface area contributed by atoms with Crippen molar-refractivity contribution in [1.29, 1.82) is 0 Å². The molecule has 0 fully saturated rings. The zero-order valence-electron chi connectivity index (χ0n) is 10.4. The van der Waals surface area contributed by atoms with E-state index < -0.39 is 0 Å². The number of para-hydroxylation sites is 1. The number of fused-ring (bicyclic) bond motifs is 1. The van der Waals surface area contributed by atoms with Crippen molar-refractivity contribution in [3.05, 3.63) is 51.7 Å². The van der Waals surface area contributed by atoms with Crippen LogP contribution in [0.25, 0.3) is 10.2 Å². The topological polar surface area (TPSA) is 33.2 Å². The number of aromatic nitrogens is 1. The molecule has 96 valence electrons. The van der Waals surface area contributed by atoms with E-state index in [0.29, 0.717) is 6.54 Å². The Bertz CT molecular complexity index is 670. The van der Waals surface area contributed by atoms with Gasteiger partial charge in [-0.25, -0.2) is 4.98 Å². The van der Waals surface area contributed by atoms with Gasteiger partial charge in [0, 0.05) is 12.4 Å². The van der Waals surface area contributed by atoms with Crippen molar-refractivity contribution in [2.75, 3.05) is 7.05 Å². The maximum Gasteiger partial charge on any atom is 0.254 e. The van der Waals surface area contributed by atoms with E-state index in [9.17, 15) is 4.79 Å². The molecule has 0 aliphatic rings. The number of carbonyl (C=O) groups is 1. The van der Waals surface area contributed by atoms with E-state index in [4.69, 9.17) is 0 Å². The number of carbonyl (C=O) groups excluding carboxylic acids is 1. The van der Waals surface area contributed by atoms with E-state index in [0.717, 1.165) is 20.8 Å². The average molecular weight is 288 g/mol. The predicted molar refractivity (Wildman–Crippen MR) is 79.7 cm³/mol. The van der Waals surface area contributed by atoms with Crippen LogP contribution in [0.1, 0.15) is 15.4 Å². The van der Waals surface area contributed by atoms with Gasteiger partial charge < -0.3 is 4.90 Å². The lowest BCUT2D eigenvalue weighted by Crippen LogP contribution is -2.25. The first-order valence-electron chi connectivity index (χ1n) is 5.86. The fourth-order valence-corrected chi connectivity index (χ4v) is 3.52. The minimum absolute atomic E-state index is 0.0421. The highest BCUT2D eigenvalue weighted by Crippen LogP contribution is 2.22. The second kappa shape index (κ2) is 5.11. The van der Waals surface area contributed by atoms with Gasteiger partial charge >= 0.3 is 0 Å². The van der Waals surface area contributed by atoms with Crippen LogP contribution < -0.4 is 0 Å².